The van der Waals surface area contributed by atoms with Crippen molar-refractivity contribution in [1.29, 1.82) is 0 Å². The van der Waals surface area contributed by atoms with Crippen molar-refractivity contribution in [3.8, 4) is 11.1 Å². The quantitative estimate of drug-likeness (QED) is 0.818. The molecule has 5 heteroatoms. The average molecular weight is 304 g/mol. The maximum atomic E-state index is 12.0. The van der Waals surface area contributed by atoms with Gasteiger partial charge in [-0.3, -0.25) is 0 Å². The molecule has 0 aromatic heterocycles. The Morgan fingerprint density at radius 2 is 1.71 bits per heavy atom. The third-order valence-corrected chi connectivity index (χ3v) is 4.37. The number of benzene rings is 2. The normalized spacial score (nSPS) is 11.2. The second-order valence-corrected chi connectivity index (χ2v) is 6.77. The van der Waals surface area contributed by atoms with E-state index in [1.165, 1.54) is 13.2 Å². The van der Waals surface area contributed by atoms with Crippen LogP contribution in [-0.4, -0.2) is 27.8 Å². The lowest BCUT2D eigenvalue weighted by Crippen LogP contribution is -2.06. The minimum Gasteiger partial charge on any atom is -0.465 e. The zero-order chi connectivity index (χ0) is 15.6. The molecule has 21 heavy (non-hydrogen) atoms. The fourth-order valence-electron chi connectivity index (χ4n) is 2.17. The van der Waals surface area contributed by atoms with Crippen LogP contribution in [0, 0.1) is 6.92 Å². The standard InChI is InChI=1S/C16H16O4S/c1-11-6-4-5-7-13(11)14-9-8-12(16(17)20-2)10-15(14)21(3,18)19/h4-10H,1-3H3. The van der Waals surface area contributed by atoms with Gasteiger partial charge in [-0.2, -0.15) is 0 Å². The number of rotatable bonds is 3. The first-order valence-corrected chi connectivity index (χ1v) is 8.22. The second kappa shape index (κ2) is 5.69. The largest absolute Gasteiger partial charge is 0.465 e. The molecule has 0 saturated carbocycles. The summed E-state index contributed by atoms with van der Waals surface area (Å²) in [7, 11) is -2.21. The second-order valence-electron chi connectivity index (χ2n) is 4.79. The summed E-state index contributed by atoms with van der Waals surface area (Å²) in [5, 5.41) is 0. The molecular weight excluding hydrogens is 288 g/mol. The number of carbonyl (C=O) groups excluding carboxylic acids is 1. The van der Waals surface area contributed by atoms with Crippen molar-refractivity contribution < 1.29 is 17.9 Å². The summed E-state index contributed by atoms with van der Waals surface area (Å²) in [5.74, 6) is -0.559. The van der Waals surface area contributed by atoms with Crippen molar-refractivity contribution in [1.82, 2.24) is 0 Å². The van der Waals surface area contributed by atoms with Gasteiger partial charge in [-0.15, -0.1) is 0 Å². The van der Waals surface area contributed by atoms with E-state index in [0.29, 0.717) is 5.56 Å². The van der Waals surface area contributed by atoms with E-state index in [1.54, 1.807) is 12.1 Å². The maximum absolute atomic E-state index is 12.0. The Bertz CT molecular complexity index is 792. The van der Waals surface area contributed by atoms with Gasteiger partial charge in [-0.05, 0) is 30.2 Å². The fourth-order valence-corrected chi connectivity index (χ4v) is 3.09. The van der Waals surface area contributed by atoms with E-state index in [2.05, 4.69) is 4.74 Å². The van der Waals surface area contributed by atoms with Crippen LogP contribution in [0.2, 0.25) is 0 Å². The van der Waals surface area contributed by atoms with E-state index in [4.69, 9.17) is 0 Å². The Hall–Kier alpha value is -2.14. The predicted octanol–water partition coefficient (Wildman–Crippen LogP) is 2.85. The van der Waals surface area contributed by atoms with Gasteiger partial charge in [0.05, 0.1) is 17.6 Å². The predicted molar refractivity (Wildman–Crippen MR) is 81.1 cm³/mol. The van der Waals surface area contributed by atoms with Crippen LogP contribution in [-0.2, 0) is 14.6 Å². The van der Waals surface area contributed by atoms with Gasteiger partial charge in [0.15, 0.2) is 9.84 Å². The van der Waals surface area contributed by atoms with Crippen molar-refractivity contribution in [3.05, 3.63) is 53.6 Å². The smallest absolute Gasteiger partial charge is 0.337 e. The molecule has 2 rings (SSSR count). The summed E-state index contributed by atoms with van der Waals surface area (Å²) in [6.45, 7) is 1.91. The summed E-state index contributed by atoms with van der Waals surface area (Å²) in [6, 6.07) is 12.1. The molecule has 0 amide bonds. The van der Waals surface area contributed by atoms with Crippen molar-refractivity contribution in [2.24, 2.45) is 0 Å². The van der Waals surface area contributed by atoms with E-state index in [0.717, 1.165) is 17.4 Å². The van der Waals surface area contributed by atoms with Gasteiger partial charge in [-0.1, -0.05) is 30.3 Å². The first-order chi connectivity index (χ1) is 9.84. The van der Waals surface area contributed by atoms with Crippen LogP contribution in [0.3, 0.4) is 0 Å². The number of ether oxygens (including phenoxy) is 1. The molecule has 0 spiro atoms. The minimum absolute atomic E-state index is 0.125. The zero-order valence-electron chi connectivity index (χ0n) is 12.1. The third kappa shape index (κ3) is 3.13. The van der Waals surface area contributed by atoms with E-state index in [9.17, 15) is 13.2 Å². The lowest BCUT2D eigenvalue weighted by Gasteiger charge is -2.12. The van der Waals surface area contributed by atoms with E-state index in [1.807, 2.05) is 31.2 Å². The Labute approximate surface area is 124 Å². The number of hydrogen-bond donors (Lipinski definition) is 0. The molecule has 2 aromatic carbocycles. The van der Waals surface area contributed by atoms with Gasteiger partial charge in [-0.25, -0.2) is 13.2 Å². The monoisotopic (exact) mass is 304 g/mol. The number of methoxy groups -OCH3 is 1. The molecule has 2 aromatic rings. The Kier molecular flexibility index (Phi) is 4.14. The van der Waals surface area contributed by atoms with Crippen molar-refractivity contribution in [3.63, 3.8) is 0 Å². The molecular formula is C16H16O4S. The molecule has 0 bridgehead atoms. The van der Waals surface area contributed by atoms with Gasteiger partial charge >= 0.3 is 5.97 Å². The van der Waals surface area contributed by atoms with Crippen LogP contribution < -0.4 is 0 Å². The molecule has 0 atom stereocenters. The van der Waals surface area contributed by atoms with Gasteiger partial charge in [0.25, 0.3) is 0 Å². The molecule has 0 fully saturated rings. The molecule has 0 saturated heterocycles. The molecule has 0 aliphatic carbocycles. The Morgan fingerprint density at radius 3 is 2.29 bits per heavy atom. The lowest BCUT2D eigenvalue weighted by molar-refractivity contribution is 0.0600. The molecule has 4 nitrogen and oxygen atoms in total. The topological polar surface area (TPSA) is 60.4 Å². The molecule has 0 heterocycles. The van der Waals surface area contributed by atoms with Gasteiger partial charge in [0, 0.05) is 11.8 Å². The van der Waals surface area contributed by atoms with E-state index < -0.39 is 15.8 Å². The van der Waals surface area contributed by atoms with Crippen molar-refractivity contribution in [2.75, 3.05) is 13.4 Å². The first-order valence-electron chi connectivity index (χ1n) is 6.33. The number of esters is 1. The highest BCUT2D eigenvalue weighted by molar-refractivity contribution is 7.90. The Morgan fingerprint density at radius 1 is 1.05 bits per heavy atom. The zero-order valence-corrected chi connectivity index (χ0v) is 12.9. The molecule has 0 aliphatic heterocycles. The maximum Gasteiger partial charge on any atom is 0.337 e. The minimum atomic E-state index is -3.47. The summed E-state index contributed by atoms with van der Waals surface area (Å²) in [5.41, 5.74) is 2.60. The highest BCUT2D eigenvalue weighted by Gasteiger charge is 2.18. The van der Waals surface area contributed by atoms with Crippen molar-refractivity contribution in [2.45, 2.75) is 11.8 Å². The SMILES string of the molecule is COC(=O)c1ccc(-c2ccccc2C)c(S(C)(=O)=O)c1. The summed E-state index contributed by atoms with van der Waals surface area (Å²) in [4.78, 5) is 11.7. The Balaban J connectivity index is 2.73. The molecule has 0 radical (unpaired) electrons. The highest BCUT2D eigenvalue weighted by atomic mass is 32.2. The number of sulfone groups is 1. The molecule has 110 valence electrons. The van der Waals surface area contributed by atoms with Crippen LogP contribution in [0.1, 0.15) is 15.9 Å². The van der Waals surface area contributed by atoms with E-state index >= 15 is 0 Å². The van der Waals surface area contributed by atoms with Crippen LogP contribution in [0.4, 0.5) is 0 Å². The van der Waals surface area contributed by atoms with Crippen LogP contribution in [0.15, 0.2) is 47.4 Å². The number of carbonyl (C=O) groups is 1. The van der Waals surface area contributed by atoms with Crippen molar-refractivity contribution >= 4 is 15.8 Å². The highest BCUT2D eigenvalue weighted by Crippen LogP contribution is 2.30. The lowest BCUT2D eigenvalue weighted by atomic mass is 9.99. The third-order valence-electron chi connectivity index (χ3n) is 3.24. The van der Waals surface area contributed by atoms with E-state index in [-0.39, 0.29) is 10.5 Å². The molecule has 0 unspecified atom stereocenters. The van der Waals surface area contributed by atoms with Crippen LogP contribution >= 0.6 is 0 Å². The molecule has 0 N–H and O–H groups in total. The summed E-state index contributed by atoms with van der Waals surface area (Å²) in [6.07, 6.45) is 1.13. The summed E-state index contributed by atoms with van der Waals surface area (Å²) >= 11 is 0. The first kappa shape index (κ1) is 15.3. The number of aryl methyl sites for hydroxylation is 1. The average Bonchev–Trinajstić information content (AvgIpc) is 2.45. The fraction of sp³-hybridized carbons (Fsp3) is 0.188. The summed E-state index contributed by atoms with van der Waals surface area (Å²) < 4.78 is 28.7. The van der Waals surface area contributed by atoms with Crippen LogP contribution in [0.25, 0.3) is 11.1 Å². The number of hydrogen-bond acceptors (Lipinski definition) is 4. The van der Waals surface area contributed by atoms with Gasteiger partial charge < -0.3 is 4.74 Å². The molecule has 0 aliphatic rings. The van der Waals surface area contributed by atoms with Gasteiger partial charge in [0.2, 0.25) is 0 Å². The van der Waals surface area contributed by atoms with Crippen LogP contribution in [0.5, 0.6) is 0 Å². The van der Waals surface area contributed by atoms with Gasteiger partial charge in [0.1, 0.15) is 0 Å².